The van der Waals surface area contributed by atoms with Crippen molar-refractivity contribution >= 4 is 38.6 Å². The van der Waals surface area contributed by atoms with E-state index in [0.29, 0.717) is 19.0 Å². The lowest BCUT2D eigenvalue weighted by molar-refractivity contribution is 0.188. The second-order valence-electron chi connectivity index (χ2n) is 4.46. The Morgan fingerprint density at radius 2 is 2.19 bits per heavy atom. The molecule has 0 atom stereocenters. The van der Waals surface area contributed by atoms with E-state index in [2.05, 4.69) is 36.2 Å². The molecule has 0 aliphatic heterocycles. The number of nitrogens with one attached hydrogen (secondary N) is 1. The third-order valence-electron chi connectivity index (χ3n) is 3.02. The topological polar surface area (TPSA) is 64.9 Å². The van der Waals surface area contributed by atoms with Crippen molar-refractivity contribution in [2.24, 2.45) is 0 Å². The first-order chi connectivity index (χ1) is 10.3. The van der Waals surface area contributed by atoms with Gasteiger partial charge in [0.05, 0.1) is 12.9 Å². The van der Waals surface area contributed by atoms with E-state index >= 15 is 0 Å². The third kappa shape index (κ3) is 3.03. The first kappa shape index (κ1) is 14.0. The van der Waals surface area contributed by atoms with Crippen molar-refractivity contribution in [3.05, 3.63) is 41.4 Å². The highest BCUT2D eigenvalue weighted by Crippen LogP contribution is 2.23. The summed E-state index contributed by atoms with van der Waals surface area (Å²) in [5.41, 5.74) is 2.48. The van der Waals surface area contributed by atoms with E-state index in [-0.39, 0.29) is 0 Å². The van der Waals surface area contributed by atoms with Crippen LogP contribution in [0, 0.1) is 0 Å². The molecule has 1 N–H and O–H groups in total. The second kappa shape index (κ2) is 6.19. The van der Waals surface area contributed by atoms with Crippen LogP contribution in [0.1, 0.15) is 0 Å². The number of aromatic nitrogens is 4. The molecular formula is C14H14BrN5O. The molecule has 0 fully saturated rings. The molecule has 0 saturated carbocycles. The number of halogens is 1. The molecule has 1 aromatic carbocycles. The van der Waals surface area contributed by atoms with E-state index < -0.39 is 0 Å². The Balaban J connectivity index is 1.94. The van der Waals surface area contributed by atoms with Crippen molar-refractivity contribution < 1.29 is 4.74 Å². The summed E-state index contributed by atoms with van der Waals surface area (Å²) in [5.74, 6) is 0.689. The molecule has 0 aliphatic carbocycles. The lowest BCUT2D eigenvalue weighted by atomic mass is 10.3. The van der Waals surface area contributed by atoms with Gasteiger partial charge in [0.1, 0.15) is 6.33 Å². The monoisotopic (exact) mass is 347 g/mol. The smallest absolute Gasteiger partial charge is 0.165 e. The molecule has 6 nitrogen and oxygen atoms in total. The van der Waals surface area contributed by atoms with Crippen LogP contribution in [0.2, 0.25) is 0 Å². The molecule has 0 amide bonds. The van der Waals surface area contributed by atoms with Gasteiger partial charge in [0.2, 0.25) is 0 Å². The number of rotatable bonds is 5. The summed E-state index contributed by atoms with van der Waals surface area (Å²) in [6, 6.07) is 7.89. The molecule has 3 aromatic rings. The first-order valence-electron chi connectivity index (χ1n) is 6.45. The van der Waals surface area contributed by atoms with Crippen molar-refractivity contribution in [3.63, 3.8) is 0 Å². The van der Waals surface area contributed by atoms with E-state index in [4.69, 9.17) is 4.74 Å². The molecule has 0 unspecified atom stereocenters. The highest BCUT2D eigenvalue weighted by atomic mass is 79.9. The number of ether oxygens (including phenoxy) is 1. The fraction of sp³-hybridized carbons (Fsp3) is 0.214. The van der Waals surface area contributed by atoms with Crippen LogP contribution in [-0.4, -0.2) is 33.2 Å². The largest absolute Gasteiger partial charge is 0.383 e. The van der Waals surface area contributed by atoms with E-state index in [1.165, 1.54) is 6.33 Å². The minimum atomic E-state index is 0.615. The minimum Gasteiger partial charge on any atom is -0.383 e. The molecule has 3 rings (SSSR count). The predicted octanol–water partition coefficient (Wildman–Crippen LogP) is 2.98. The van der Waals surface area contributed by atoms with E-state index in [9.17, 15) is 0 Å². The third-order valence-corrected chi connectivity index (χ3v) is 3.52. The summed E-state index contributed by atoms with van der Waals surface area (Å²) in [4.78, 5) is 13.0. The van der Waals surface area contributed by atoms with Crippen LogP contribution in [0.25, 0.3) is 11.2 Å². The van der Waals surface area contributed by atoms with E-state index in [1.54, 1.807) is 13.4 Å². The van der Waals surface area contributed by atoms with Gasteiger partial charge in [-0.25, -0.2) is 15.0 Å². The molecule has 0 aliphatic rings. The number of imidazole rings is 1. The Hall–Kier alpha value is -1.99. The Morgan fingerprint density at radius 3 is 3.00 bits per heavy atom. The van der Waals surface area contributed by atoms with Gasteiger partial charge >= 0.3 is 0 Å². The minimum absolute atomic E-state index is 0.615. The SMILES string of the molecule is COCCn1cnc2c(Nc3cccc(Br)c3)ncnc21. The Kier molecular flexibility index (Phi) is 4.12. The van der Waals surface area contributed by atoms with E-state index in [0.717, 1.165) is 21.3 Å². The van der Waals surface area contributed by atoms with Crippen molar-refractivity contribution in [1.29, 1.82) is 0 Å². The zero-order valence-electron chi connectivity index (χ0n) is 11.5. The number of benzene rings is 1. The van der Waals surface area contributed by atoms with E-state index in [1.807, 2.05) is 28.8 Å². The number of nitrogens with zero attached hydrogens (tertiary/aromatic N) is 4. The molecule has 2 heterocycles. The van der Waals surface area contributed by atoms with Crippen LogP contribution >= 0.6 is 15.9 Å². The van der Waals surface area contributed by atoms with Crippen molar-refractivity contribution in [1.82, 2.24) is 19.5 Å². The Labute approximate surface area is 130 Å². The van der Waals surface area contributed by atoms with Crippen LogP contribution in [0.5, 0.6) is 0 Å². The van der Waals surface area contributed by atoms with Crippen molar-refractivity contribution in [3.8, 4) is 0 Å². The Bertz CT molecular complexity index is 758. The second-order valence-corrected chi connectivity index (χ2v) is 5.38. The average Bonchev–Trinajstić information content (AvgIpc) is 2.89. The highest BCUT2D eigenvalue weighted by Gasteiger charge is 2.10. The maximum Gasteiger partial charge on any atom is 0.165 e. The van der Waals surface area contributed by atoms with Gasteiger partial charge < -0.3 is 14.6 Å². The zero-order chi connectivity index (χ0) is 14.7. The van der Waals surface area contributed by atoms with Gasteiger partial charge in [0.15, 0.2) is 17.0 Å². The molecule has 0 saturated heterocycles. The lowest BCUT2D eigenvalue weighted by Gasteiger charge is -2.07. The van der Waals surface area contributed by atoms with Crippen LogP contribution in [-0.2, 0) is 11.3 Å². The molecule has 21 heavy (non-hydrogen) atoms. The molecule has 2 aromatic heterocycles. The zero-order valence-corrected chi connectivity index (χ0v) is 13.0. The van der Waals surface area contributed by atoms with Crippen molar-refractivity contribution in [2.75, 3.05) is 19.0 Å². The highest BCUT2D eigenvalue weighted by molar-refractivity contribution is 9.10. The number of anilines is 2. The van der Waals surface area contributed by atoms with Gasteiger partial charge in [0.25, 0.3) is 0 Å². The van der Waals surface area contributed by atoms with Crippen LogP contribution in [0.15, 0.2) is 41.4 Å². The van der Waals surface area contributed by atoms with Crippen molar-refractivity contribution in [2.45, 2.75) is 6.54 Å². The number of hydrogen-bond acceptors (Lipinski definition) is 5. The molecule has 7 heteroatoms. The standard InChI is InChI=1S/C14H14BrN5O/c1-21-6-5-20-9-18-12-13(16-8-17-14(12)20)19-11-4-2-3-10(15)7-11/h2-4,7-9H,5-6H2,1H3,(H,16,17,19). The lowest BCUT2D eigenvalue weighted by Crippen LogP contribution is -2.04. The van der Waals surface area contributed by atoms with Crippen LogP contribution in [0.4, 0.5) is 11.5 Å². The van der Waals surface area contributed by atoms with Gasteiger partial charge in [-0.2, -0.15) is 0 Å². The predicted molar refractivity (Wildman–Crippen MR) is 84.6 cm³/mol. The number of hydrogen-bond donors (Lipinski definition) is 1. The first-order valence-corrected chi connectivity index (χ1v) is 7.24. The summed E-state index contributed by atoms with van der Waals surface area (Å²) < 4.78 is 8.04. The van der Waals surface area contributed by atoms with Gasteiger partial charge in [-0.3, -0.25) is 0 Å². The summed E-state index contributed by atoms with van der Waals surface area (Å²) in [7, 11) is 1.67. The molecule has 108 valence electrons. The molecule has 0 radical (unpaired) electrons. The molecule has 0 bridgehead atoms. The normalized spacial score (nSPS) is 11.0. The fourth-order valence-corrected chi connectivity index (χ4v) is 2.43. The van der Waals surface area contributed by atoms with Gasteiger partial charge in [0, 0.05) is 23.8 Å². The maximum atomic E-state index is 5.09. The van der Waals surface area contributed by atoms with Gasteiger partial charge in [-0.1, -0.05) is 22.0 Å². The van der Waals surface area contributed by atoms with Crippen LogP contribution < -0.4 is 5.32 Å². The molecular weight excluding hydrogens is 334 g/mol. The summed E-state index contributed by atoms with van der Waals surface area (Å²) in [6.45, 7) is 1.32. The fourth-order valence-electron chi connectivity index (χ4n) is 2.03. The number of methoxy groups -OCH3 is 1. The average molecular weight is 348 g/mol. The summed E-state index contributed by atoms with van der Waals surface area (Å²) in [5, 5.41) is 3.27. The Morgan fingerprint density at radius 1 is 1.29 bits per heavy atom. The number of fused-ring (bicyclic) bond motifs is 1. The maximum absolute atomic E-state index is 5.09. The molecule has 0 spiro atoms. The van der Waals surface area contributed by atoms with Gasteiger partial charge in [-0.05, 0) is 18.2 Å². The summed E-state index contributed by atoms with van der Waals surface area (Å²) in [6.07, 6.45) is 3.29. The quantitative estimate of drug-likeness (QED) is 0.768. The van der Waals surface area contributed by atoms with Gasteiger partial charge in [-0.15, -0.1) is 0 Å². The summed E-state index contributed by atoms with van der Waals surface area (Å²) >= 11 is 3.45. The van der Waals surface area contributed by atoms with Crippen LogP contribution in [0.3, 0.4) is 0 Å².